The Bertz CT molecular complexity index is 395. The average molecular weight is 298 g/mol. The second-order valence-electron chi connectivity index (χ2n) is 7.23. The van der Waals surface area contributed by atoms with Gasteiger partial charge in [-0.1, -0.05) is 0 Å². The van der Waals surface area contributed by atoms with E-state index in [2.05, 4.69) is 5.32 Å². The molecule has 21 heavy (non-hydrogen) atoms. The zero-order valence-corrected chi connectivity index (χ0v) is 13.1. The van der Waals surface area contributed by atoms with Crippen LogP contribution in [0.15, 0.2) is 0 Å². The summed E-state index contributed by atoms with van der Waals surface area (Å²) in [5.41, 5.74) is -0.492. The molecule has 6 nitrogen and oxygen atoms in total. The molecular weight excluding hydrogens is 272 g/mol. The fourth-order valence-corrected chi connectivity index (χ4v) is 2.63. The minimum absolute atomic E-state index is 0.0975. The number of rotatable bonds is 6. The van der Waals surface area contributed by atoms with Gasteiger partial charge in [-0.2, -0.15) is 0 Å². The molecule has 0 radical (unpaired) electrons. The van der Waals surface area contributed by atoms with E-state index in [-0.39, 0.29) is 18.6 Å². The van der Waals surface area contributed by atoms with Crippen LogP contribution in [0.4, 0.5) is 4.79 Å². The second kappa shape index (κ2) is 6.22. The summed E-state index contributed by atoms with van der Waals surface area (Å²) in [5, 5.41) is 11.8. The van der Waals surface area contributed by atoms with Crippen molar-refractivity contribution < 1.29 is 19.4 Å². The number of alkyl carbamates (subject to hydrolysis) is 1. The monoisotopic (exact) mass is 298 g/mol. The molecule has 120 valence electrons. The second-order valence-corrected chi connectivity index (χ2v) is 7.23. The number of amides is 1. The number of ether oxygens (including phenoxy) is 1. The molecule has 2 fully saturated rings. The van der Waals surface area contributed by atoms with Crippen LogP contribution in [0.3, 0.4) is 0 Å². The van der Waals surface area contributed by atoms with Crippen LogP contribution >= 0.6 is 0 Å². The van der Waals surface area contributed by atoms with Gasteiger partial charge in [0.05, 0.1) is 6.54 Å². The largest absolute Gasteiger partial charge is 0.480 e. The van der Waals surface area contributed by atoms with E-state index in [9.17, 15) is 9.59 Å². The predicted molar refractivity (Wildman–Crippen MR) is 78.1 cm³/mol. The molecule has 0 saturated heterocycles. The van der Waals surface area contributed by atoms with Crippen molar-refractivity contribution in [1.29, 1.82) is 0 Å². The first-order valence-electron chi connectivity index (χ1n) is 7.68. The summed E-state index contributed by atoms with van der Waals surface area (Å²) < 4.78 is 5.22. The minimum Gasteiger partial charge on any atom is -0.480 e. The zero-order chi connectivity index (χ0) is 15.6. The lowest BCUT2D eigenvalue weighted by Crippen LogP contribution is -2.55. The molecule has 2 N–H and O–H groups in total. The number of hydrogen-bond acceptors (Lipinski definition) is 4. The summed E-state index contributed by atoms with van der Waals surface area (Å²) in [6.45, 7) is 6.47. The van der Waals surface area contributed by atoms with E-state index in [4.69, 9.17) is 9.84 Å². The molecular formula is C15H26N2O4. The van der Waals surface area contributed by atoms with E-state index in [0.29, 0.717) is 5.92 Å². The number of carboxylic acid groups (broad SMARTS) is 1. The van der Waals surface area contributed by atoms with Gasteiger partial charge in [-0.05, 0) is 52.4 Å². The lowest BCUT2D eigenvalue weighted by atomic mass is 9.85. The van der Waals surface area contributed by atoms with Crippen molar-refractivity contribution in [2.24, 2.45) is 5.92 Å². The molecule has 2 rings (SSSR count). The lowest BCUT2D eigenvalue weighted by Gasteiger charge is -2.42. The molecule has 1 amide bonds. The molecule has 0 aliphatic heterocycles. The fraction of sp³-hybridized carbons (Fsp3) is 0.867. The Morgan fingerprint density at radius 1 is 1.29 bits per heavy atom. The summed E-state index contributed by atoms with van der Waals surface area (Å²) in [4.78, 5) is 24.7. The smallest absolute Gasteiger partial charge is 0.407 e. The maximum atomic E-state index is 11.7. The predicted octanol–water partition coefficient (Wildman–Crippen LogP) is 1.84. The van der Waals surface area contributed by atoms with Crippen LogP contribution < -0.4 is 5.32 Å². The normalized spacial score (nSPS) is 25.3. The molecule has 6 heteroatoms. The van der Waals surface area contributed by atoms with Gasteiger partial charge < -0.3 is 15.2 Å². The Morgan fingerprint density at radius 3 is 2.38 bits per heavy atom. The number of carbonyl (C=O) groups is 2. The first-order chi connectivity index (χ1) is 9.73. The molecule has 0 spiro atoms. The summed E-state index contributed by atoms with van der Waals surface area (Å²) in [7, 11) is 0. The van der Waals surface area contributed by atoms with Gasteiger partial charge in [0.15, 0.2) is 0 Å². The van der Waals surface area contributed by atoms with Gasteiger partial charge in [0, 0.05) is 18.6 Å². The van der Waals surface area contributed by atoms with Crippen molar-refractivity contribution in [1.82, 2.24) is 10.2 Å². The van der Waals surface area contributed by atoms with E-state index >= 15 is 0 Å². The van der Waals surface area contributed by atoms with Gasteiger partial charge >= 0.3 is 12.1 Å². The van der Waals surface area contributed by atoms with Crippen molar-refractivity contribution in [3.63, 3.8) is 0 Å². The van der Waals surface area contributed by atoms with Crippen molar-refractivity contribution in [2.45, 2.75) is 64.1 Å². The van der Waals surface area contributed by atoms with Crippen LogP contribution in [-0.4, -0.2) is 52.8 Å². The molecule has 2 aliphatic carbocycles. The highest BCUT2D eigenvalue weighted by Crippen LogP contribution is 2.33. The third kappa shape index (κ3) is 5.53. The van der Waals surface area contributed by atoms with E-state index in [1.54, 1.807) is 0 Å². The van der Waals surface area contributed by atoms with Crippen molar-refractivity contribution in [3.05, 3.63) is 0 Å². The molecule has 0 bridgehead atoms. The Hall–Kier alpha value is -1.30. The van der Waals surface area contributed by atoms with Crippen molar-refractivity contribution in [3.8, 4) is 0 Å². The Morgan fingerprint density at radius 2 is 1.90 bits per heavy atom. The standard InChI is InChI=1S/C15H26N2O4/c1-15(2,3)21-14(20)16-11-6-12(7-11)17(9-13(18)19)8-10-4-5-10/h10-12H,4-9H2,1-3H3,(H,16,20)(H,18,19). The quantitative estimate of drug-likeness (QED) is 0.782. The Kier molecular flexibility index (Phi) is 4.76. The van der Waals surface area contributed by atoms with Crippen LogP contribution in [0.1, 0.15) is 46.5 Å². The third-order valence-corrected chi connectivity index (χ3v) is 3.88. The molecule has 0 aromatic heterocycles. The van der Waals surface area contributed by atoms with E-state index in [1.165, 1.54) is 12.8 Å². The van der Waals surface area contributed by atoms with Gasteiger partial charge in [0.25, 0.3) is 0 Å². The van der Waals surface area contributed by atoms with Crippen LogP contribution in [-0.2, 0) is 9.53 Å². The van der Waals surface area contributed by atoms with E-state index < -0.39 is 17.7 Å². The van der Waals surface area contributed by atoms with Crippen molar-refractivity contribution >= 4 is 12.1 Å². The maximum Gasteiger partial charge on any atom is 0.407 e. The molecule has 0 aromatic carbocycles. The number of hydrogen-bond donors (Lipinski definition) is 2. The Balaban J connectivity index is 1.72. The SMILES string of the molecule is CC(C)(C)OC(=O)NC1CC(N(CC(=O)O)CC2CC2)C1. The van der Waals surface area contributed by atoms with Crippen molar-refractivity contribution in [2.75, 3.05) is 13.1 Å². The number of aliphatic carboxylic acids is 1. The number of nitrogens with one attached hydrogen (secondary N) is 1. The molecule has 0 unspecified atom stereocenters. The van der Waals surface area contributed by atoms with E-state index in [1.807, 2.05) is 25.7 Å². The first kappa shape index (κ1) is 16.1. The zero-order valence-electron chi connectivity index (χ0n) is 13.1. The van der Waals surface area contributed by atoms with E-state index in [0.717, 1.165) is 19.4 Å². The van der Waals surface area contributed by atoms with Crippen LogP contribution in [0.2, 0.25) is 0 Å². The Labute approximate surface area is 125 Å². The highest BCUT2D eigenvalue weighted by molar-refractivity contribution is 5.69. The summed E-state index contributed by atoms with van der Waals surface area (Å²) in [6, 6.07) is 0.363. The van der Waals surface area contributed by atoms with Gasteiger partial charge in [-0.15, -0.1) is 0 Å². The molecule has 0 heterocycles. The number of carboxylic acids is 1. The summed E-state index contributed by atoms with van der Waals surface area (Å²) in [5.74, 6) is -0.110. The van der Waals surface area contributed by atoms with Crippen LogP contribution in [0, 0.1) is 5.92 Å². The number of carbonyl (C=O) groups excluding carboxylic acids is 1. The van der Waals surface area contributed by atoms with Gasteiger partial charge in [-0.25, -0.2) is 4.79 Å². The van der Waals surface area contributed by atoms with Gasteiger partial charge in [0.2, 0.25) is 0 Å². The fourth-order valence-electron chi connectivity index (χ4n) is 2.63. The molecule has 2 aliphatic rings. The highest BCUT2D eigenvalue weighted by atomic mass is 16.6. The van der Waals surface area contributed by atoms with Crippen LogP contribution in [0.5, 0.6) is 0 Å². The third-order valence-electron chi connectivity index (χ3n) is 3.88. The van der Waals surface area contributed by atoms with Crippen LogP contribution in [0.25, 0.3) is 0 Å². The topological polar surface area (TPSA) is 78.9 Å². The van der Waals surface area contributed by atoms with Gasteiger partial charge in [-0.3, -0.25) is 9.69 Å². The molecule has 0 atom stereocenters. The maximum absolute atomic E-state index is 11.7. The molecule has 2 saturated carbocycles. The first-order valence-corrected chi connectivity index (χ1v) is 7.68. The highest BCUT2D eigenvalue weighted by Gasteiger charge is 2.38. The molecule has 0 aromatic rings. The summed E-state index contributed by atoms with van der Waals surface area (Å²) in [6.07, 6.45) is 3.64. The lowest BCUT2D eigenvalue weighted by molar-refractivity contribution is -0.139. The average Bonchev–Trinajstić information content (AvgIpc) is 3.02. The summed E-state index contributed by atoms with van der Waals surface area (Å²) >= 11 is 0. The minimum atomic E-state index is -0.779. The number of nitrogens with zero attached hydrogens (tertiary/aromatic N) is 1. The van der Waals surface area contributed by atoms with Gasteiger partial charge in [0.1, 0.15) is 5.60 Å².